The van der Waals surface area contributed by atoms with Gasteiger partial charge in [0.1, 0.15) is 35.4 Å². The monoisotopic (exact) mass is 531 g/mol. The predicted octanol–water partition coefficient (Wildman–Crippen LogP) is 4.15. The van der Waals surface area contributed by atoms with E-state index in [1.807, 2.05) is 62.4 Å². The van der Waals surface area contributed by atoms with Crippen molar-refractivity contribution >= 4 is 28.5 Å². The lowest BCUT2D eigenvalue weighted by atomic mass is 10.00. The van der Waals surface area contributed by atoms with Gasteiger partial charge in [0.05, 0.1) is 32.5 Å². The maximum Gasteiger partial charge on any atom is 0.247 e. The molecule has 0 spiro atoms. The Kier molecular flexibility index (Phi) is 8.65. The van der Waals surface area contributed by atoms with Crippen molar-refractivity contribution < 1.29 is 23.8 Å². The molecule has 0 saturated carbocycles. The first-order valence-electron chi connectivity index (χ1n) is 12.6. The Labute approximate surface area is 227 Å². The molecule has 1 N–H and O–H groups in total. The van der Waals surface area contributed by atoms with Crippen LogP contribution in [0.1, 0.15) is 19.4 Å². The molecule has 0 bridgehead atoms. The van der Waals surface area contributed by atoms with E-state index in [2.05, 4.69) is 15.6 Å². The topological polar surface area (TPSA) is 108 Å². The molecule has 4 rings (SSSR count). The molecule has 3 aromatic carbocycles. The molecule has 0 fully saturated rings. The first-order valence-corrected chi connectivity index (χ1v) is 12.6. The molecule has 10 heteroatoms. The van der Waals surface area contributed by atoms with E-state index in [1.54, 1.807) is 42.0 Å². The normalized spacial score (nSPS) is 11.7. The van der Waals surface area contributed by atoms with E-state index in [1.165, 1.54) is 7.11 Å². The van der Waals surface area contributed by atoms with Crippen molar-refractivity contribution in [2.75, 3.05) is 26.6 Å². The van der Waals surface area contributed by atoms with Gasteiger partial charge in [0.15, 0.2) is 0 Å². The summed E-state index contributed by atoms with van der Waals surface area (Å²) in [6.07, 6.45) is 0. The highest BCUT2D eigenvalue weighted by atomic mass is 16.5. The van der Waals surface area contributed by atoms with Gasteiger partial charge in [-0.15, -0.1) is 5.10 Å². The van der Waals surface area contributed by atoms with Crippen LogP contribution in [0.4, 0.5) is 5.69 Å². The second kappa shape index (κ2) is 12.3. The van der Waals surface area contributed by atoms with Gasteiger partial charge in [0.2, 0.25) is 11.8 Å². The molecule has 10 nitrogen and oxygen atoms in total. The summed E-state index contributed by atoms with van der Waals surface area (Å²) in [5.41, 5.74) is 2.77. The summed E-state index contributed by atoms with van der Waals surface area (Å²) < 4.78 is 17.6. The second-order valence-corrected chi connectivity index (χ2v) is 9.35. The molecule has 1 heterocycles. The number of rotatable bonds is 11. The van der Waals surface area contributed by atoms with Crippen molar-refractivity contribution in [3.63, 3.8) is 0 Å². The first-order chi connectivity index (χ1) is 18.8. The SMILES string of the molecule is COc1ccc(CN(C(=O)Cn2nnc3ccccc32)C(C(=O)Nc2ccc(OC)cc2OC)C(C)C)cc1. The summed E-state index contributed by atoms with van der Waals surface area (Å²) in [5.74, 6) is 0.948. The van der Waals surface area contributed by atoms with Crippen LogP contribution in [0.5, 0.6) is 17.2 Å². The van der Waals surface area contributed by atoms with Crippen LogP contribution in [0.3, 0.4) is 0 Å². The number of nitrogens with one attached hydrogen (secondary N) is 1. The molecule has 0 aliphatic carbocycles. The van der Waals surface area contributed by atoms with Gasteiger partial charge in [-0.3, -0.25) is 9.59 Å². The van der Waals surface area contributed by atoms with Crippen LogP contribution >= 0.6 is 0 Å². The summed E-state index contributed by atoms with van der Waals surface area (Å²) in [6, 6.07) is 19.2. The van der Waals surface area contributed by atoms with Gasteiger partial charge in [0.25, 0.3) is 0 Å². The molecule has 39 heavy (non-hydrogen) atoms. The Morgan fingerprint density at radius 3 is 2.28 bits per heavy atom. The van der Waals surface area contributed by atoms with Gasteiger partial charge < -0.3 is 24.4 Å². The minimum atomic E-state index is -0.791. The lowest BCUT2D eigenvalue weighted by Crippen LogP contribution is -2.50. The fourth-order valence-electron chi connectivity index (χ4n) is 4.44. The molecule has 0 radical (unpaired) electrons. The van der Waals surface area contributed by atoms with Crippen LogP contribution in [0.2, 0.25) is 0 Å². The van der Waals surface area contributed by atoms with Crippen molar-refractivity contribution in [2.45, 2.75) is 33.0 Å². The maximum absolute atomic E-state index is 13.9. The number of hydrogen-bond acceptors (Lipinski definition) is 7. The van der Waals surface area contributed by atoms with Crippen LogP contribution in [0.15, 0.2) is 66.7 Å². The van der Waals surface area contributed by atoms with Crippen LogP contribution in [-0.2, 0) is 22.7 Å². The molecule has 1 unspecified atom stereocenters. The molecular formula is C29H33N5O5. The summed E-state index contributed by atoms with van der Waals surface area (Å²) in [5, 5.41) is 11.3. The standard InChI is InChI=1S/C29H33N5O5/c1-19(2)28(29(36)30-24-15-14-22(38-4)16-26(24)39-5)33(17-20-10-12-21(37-3)13-11-20)27(35)18-34-25-9-7-6-8-23(25)31-32-34/h6-16,19,28H,17-18H2,1-5H3,(H,30,36). The minimum absolute atomic E-state index is 0.0704. The van der Waals surface area contributed by atoms with Gasteiger partial charge in [-0.1, -0.05) is 43.3 Å². The second-order valence-electron chi connectivity index (χ2n) is 9.35. The van der Waals surface area contributed by atoms with Gasteiger partial charge in [-0.25, -0.2) is 4.68 Å². The predicted molar refractivity (Wildman–Crippen MR) is 148 cm³/mol. The summed E-state index contributed by atoms with van der Waals surface area (Å²) in [4.78, 5) is 29.3. The first kappa shape index (κ1) is 27.4. The third-order valence-electron chi connectivity index (χ3n) is 6.44. The van der Waals surface area contributed by atoms with Crippen molar-refractivity contribution in [3.8, 4) is 17.2 Å². The molecule has 204 valence electrons. The Morgan fingerprint density at radius 1 is 0.923 bits per heavy atom. The number of amides is 2. The van der Waals surface area contributed by atoms with Crippen molar-refractivity contribution in [1.82, 2.24) is 19.9 Å². The van der Waals surface area contributed by atoms with Gasteiger partial charge in [0, 0.05) is 12.6 Å². The zero-order valence-electron chi connectivity index (χ0n) is 22.7. The Bertz CT molecular complexity index is 1430. The van der Waals surface area contributed by atoms with E-state index in [9.17, 15) is 9.59 Å². The number of aromatic nitrogens is 3. The smallest absolute Gasteiger partial charge is 0.247 e. The van der Waals surface area contributed by atoms with Gasteiger partial charge in [-0.2, -0.15) is 0 Å². The third-order valence-corrected chi connectivity index (χ3v) is 6.44. The highest BCUT2D eigenvalue weighted by molar-refractivity contribution is 5.98. The largest absolute Gasteiger partial charge is 0.497 e. The van der Waals surface area contributed by atoms with Crippen LogP contribution in [-0.4, -0.2) is 59.1 Å². The number of para-hydroxylation sites is 1. The molecule has 1 aromatic heterocycles. The number of anilines is 1. The number of benzene rings is 3. The fourth-order valence-corrected chi connectivity index (χ4v) is 4.44. The van der Waals surface area contributed by atoms with E-state index >= 15 is 0 Å². The maximum atomic E-state index is 13.9. The molecule has 0 aliphatic rings. The zero-order valence-corrected chi connectivity index (χ0v) is 22.7. The van der Waals surface area contributed by atoms with Crippen molar-refractivity contribution in [2.24, 2.45) is 5.92 Å². The van der Waals surface area contributed by atoms with Crippen LogP contribution in [0.25, 0.3) is 11.0 Å². The molecule has 4 aromatic rings. The Balaban J connectivity index is 1.67. The summed E-state index contributed by atoms with van der Waals surface area (Å²) in [6.45, 7) is 3.97. The zero-order chi connectivity index (χ0) is 27.9. The molecule has 1 atom stereocenters. The van der Waals surface area contributed by atoms with Crippen molar-refractivity contribution in [3.05, 3.63) is 72.3 Å². The number of nitrogens with zero attached hydrogens (tertiary/aromatic N) is 4. The van der Waals surface area contributed by atoms with E-state index < -0.39 is 6.04 Å². The molecule has 0 saturated heterocycles. The molecular weight excluding hydrogens is 498 g/mol. The van der Waals surface area contributed by atoms with E-state index in [0.717, 1.165) is 11.1 Å². The van der Waals surface area contributed by atoms with Gasteiger partial charge >= 0.3 is 0 Å². The number of ether oxygens (including phenoxy) is 3. The van der Waals surface area contributed by atoms with Gasteiger partial charge in [-0.05, 0) is 47.9 Å². The summed E-state index contributed by atoms with van der Waals surface area (Å²) in [7, 11) is 4.68. The molecule has 2 amide bonds. The highest BCUT2D eigenvalue weighted by Gasteiger charge is 2.33. The quantitative estimate of drug-likeness (QED) is 0.310. The minimum Gasteiger partial charge on any atom is -0.497 e. The average molecular weight is 532 g/mol. The van der Waals surface area contributed by atoms with Crippen LogP contribution < -0.4 is 19.5 Å². The lowest BCUT2D eigenvalue weighted by Gasteiger charge is -2.34. The number of methoxy groups -OCH3 is 3. The summed E-state index contributed by atoms with van der Waals surface area (Å²) >= 11 is 0. The highest BCUT2D eigenvalue weighted by Crippen LogP contribution is 2.30. The Hall–Kier alpha value is -4.60. The van der Waals surface area contributed by atoms with E-state index in [4.69, 9.17) is 14.2 Å². The van der Waals surface area contributed by atoms with E-state index in [-0.39, 0.29) is 30.8 Å². The third kappa shape index (κ3) is 6.28. The number of carbonyl (C=O) groups excluding carboxylic acids is 2. The van der Waals surface area contributed by atoms with Crippen LogP contribution in [0, 0.1) is 5.92 Å². The lowest BCUT2D eigenvalue weighted by molar-refractivity contribution is -0.141. The number of hydrogen-bond donors (Lipinski definition) is 1. The van der Waals surface area contributed by atoms with E-state index in [0.29, 0.717) is 28.5 Å². The number of fused-ring (bicyclic) bond motifs is 1. The van der Waals surface area contributed by atoms with Crippen molar-refractivity contribution in [1.29, 1.82) is 0 Å². The fraction of sp³-hybridized carbons (Fsp3) is 0.310. The Morgan fingerprint density at radius 2 is 1.62 bits per heavy atom. The number of carbonyl (C=O) groups is 2. The average Bonchev–Trinajstić information content (AvgIpc) is 3.35. The molecule has 0 aliphatic heterocycles.